The van der Waals surface area contributed by atoms with E-state index >= 15 is 0 Å². The number of esters is 1. The number of nitro groups is 1. The number of nitro benzene ring substituents is 1. The van der Waals surface area contributed by atoms with Crippen LogP contribution in [-0.4, -0.2) is 28.7 Å². The van der Waals surface area contributed by atoms with E-state index < -0.39 is 22.9 Å². The van der Waals surface area contributed by atoms with Gasteiger partial charge in [-0.25, -0.2) is 4.79 Å². The van der Waals surface area contributed by atoms with E-state index in [1.54, 1.807) is 18.2 Å². The molecule has 0 aliphatic carbocycles. The van der Waals surface area contributed by atoms with Gasteiger partial charge in [0.2, 0.25) is 0 Å². The minimum atomic E-state index is -1.14. The second-order valence-corrected chi connectivity index (χ2v) is 5.48. The second-order valence-electron chi connectivity index (χ2n) is 5.48. The first kappa shape index (κ1) is 18.8. The van der Waals surface area contributed by atoms with Crippen molar-refractivity contribution in [3.8, 4) is 0 Å². The van der Waals surface area contributed by atoms with E-state index in [0.29, 0.717) is 11.3 Å². The summed E-state index contributed by atoms with van der Waals surface area (Å²) in [6.07, 6.45) is -1.14. The lowest BCUT2D eigenvalue weighted by Gasteiger charge is -2.14. The maximum absolute atomic E-state index is 12.2. The molecule has 0 radical (unpaired) electrons. The Hall–Kier alpha value is -3.55. The lowest BCUT2D eigenvalue weighted by Crippen LogP contribution is -2.30. The van der Waals surface area contributed by atoms with Gasteiger partial charge in [0.1, 0.15) is 0 Å². The number of anilines is 1. The Kier molecular flexibility index (Phi) is 5.79. The number of carbonyl (C=O) groups excluding carboxylic acids is 3. The van der Waals surface area contributed by atoms with Crippen molar-refractivity contribution in [2.45, 2.75) is 20.0 Å². The zero-order chi connectivity index (χ0) is 19.3. The summed E-state index contributed by atoms with van der Waals surface area (Å²) < 4.78 is 5.04. The van der Waals surface area contributed by atoms with Gasteiger partial charge in [0.05, 0.1) is 10.5 Å². The van der Waals surface area contributed by atoms with Gasteiger partial charge in [-0.1, -0.05) is 18.2 Å². The number of ether oxygens (including phenoxy) is 1. The number of hydrogen-bond donors (Lipinski definition) is 1. The zero-order valence-corrected chi connectivity index (χ0v) is 14.1. The molecule has 0 fully saturated rings. The van der Waals surface area contributed by atoms with Gasteiger partial charge in [0, 0.05) is 23.4 Å². The number of benzene rings is 2. The number of hydrogen-bond acceptors (Lipinski definition) is 6. The summed E-state index contributed by atoms with van der Waals surface area (Å²) in [5.74, 6) is -1.59. The number of nitrogens with zero attached hydrogens (tertiary/aromatic N) is 1. The van der Waals surface area contributed by atoms with E-state index in [4.69, 9.17) is 4.74 Å². The molecule has 0 saturated carbocycles. The predicted molar refractivity (Wildman–Crippen MR) is 93.1 cm³/mol. The van der Waals surface area contributed by atoms with Crippen molar-refractivity contribution in [2.75, 3.05) is 5.32 Å². The molecule has 0 aliphatic rings. The molecule has 0 saturated heterocycles. The van der Waals surface area contributed by atoms with Gasteiger partial charge < -0.3 is 10.1 Å². The number of nitrogens with one attached hydrogen (secondary N) is 1. The maximum Gasteiger partial charge on any atom is 0.339 e. The summed E-state index contributed by atoms with van der Waals surface area (Å²) in [7, 11) is 0. The van der Waals surface area contributed by atoms with Gasteiger partial charge in [0.15, 0.2) is 11.9 Å². The Morgan fingerprint density at radius 3 is 2.38 bits per heavy atom. The Balaban J connectivity index is 2.03. The zero-order valence-electron chi connectivity index (χ0n) is 14.1. The quantitative estimate of drug-likeness (QED) is 0.368. The first-order valence-electron chi connectivity index (χ1n) is 7.65. The minimum Gasteiger partial charge on any atom is -0.449 e. The third kappa shape index (κ3) is 4.73. The summed E-state index contributed by atoms with van der Waals surface area (Å²) in [6, 6.07) is 11.4. The molecule has 0 heterocycles. The molecule has 0 aliphatic heterocycles. The summed E-state index contributed by atoms with van der Waals surface area (Å²) in [5, 5.41) is 13.3. The molecule has 0 unspecified atom stereocenters. The van der Waals surface area contributed by atoms with Crippen LogP contribution < -0.4 is 5.32 Å². The molecule has 1 atom stereocenters. The normalized spacial score (nSPS) is 11.3. The third-order valence-corrected chi connectivity index (χ3v) is 3.48. The summed E-state index contributed by atoms with van der Waals surface area (Å²) >= 11 is 0. The standard InChI is InChI=1S/C18H16N2O6/c1-11(21)13-5-3-7-15(9-13)19-17(22)12(2)26-18(23)14-6-4-8-16(10-14)20(24)25/h3-10,12H,1-2H3,(H,19,22)/t12-/m0/s1. The molecule has 26 heavy (non-hydrogen) atoms. The van der Waals surface area contributed by atoms with Gasteiger partial charge in [-0.15, -0.1) is 0 Å². The topological polar surface area (TPSA) is 116 Å². The van der Waals surface area contributed by atoms with Crippen LogP contribution in [0.3, 0.4) is 0 Å². The van der Waals surface area contributed by atoms with Crippen LogP contribution in [0.15, 0.2) is 48.5 Å². The summed E-state index contributed by atoms with van der Waals surface area (Å²) in [5.41, 5.74) is 0.542. The van der Waals surface area contributed by atoms with E-state index in [2.05, 4.69) is 5.32 Å². The number of ketones is 1. The van der Waals surface area contributed by atoms with Crippen molar-refractivity contribution in [1.82, 2.24) is 0 Å². The van der Waals surface area contributed by atoms with Crippen LogP contribution in [0.25, 0.3) is 0 Å². The molecule has 2 aromatic carbocycles. The largest absolute Gasteiger partial charge is 0.449 e. The molecule has 1 amide bonds. The van der Waals surface area contributed by atoms with Crippen LogP contribution in [0.1, 0.15) is 34.6 Å². The van der Waals surface area contributed by atoms with Crippen LogP contribution in [0.5, 0.6) is 0 Å². The van der Waals surface area contributed by atoms with Crippen LogP contribution >= 0.6 is 0 Å². The Morgan fingerprint density at radius 2 is 1.73 bits per heavy atom. The fourth-order valence-electron chi connectivity index (χ4n) is 2.09. The molecule has 8 nitrogen and oxygen atoms in total. The number of Topliss-reactive ketones (excluding diaryl/α,β-unsaturated/α-hetero) is 1. The molecular weight excluding hydrogens is 340 g/mol. The van der Waals surface area contributed by atoms with Crippen molar-refractivity contribution in [1.29, 1.82) is 0 Å². The van der Waals surface area contributed by atoms with Crippen molar-refractivity contribution in [3.63, 3.8) is 0 Å². The fourth-order valence-corrected chi connectivity index (χ4v) is 2.09. The maximum atomic E-state index is 12.2. The van der Waals surface area contributed by atoms with Gasteiger partial charge in [0.25, 0.3) is 11.6 Å². The van der Waals surface area contributed by atoms with Crippen molar-refractivity contribution < 1.29 is 24.0 Å². The highest BCUT2D eigenvalue weighted by Gasteiger charge is 2.20. The number of rotatable bonds is 6. The van der Waals surface area contributed by atoms with Crippen LogP contribution in [-0.2, 0) is 9.53 Å². The third-order valence-electron chi connectivity index (χ3n) is 3.48. The van der Waals surface area contributed by atoms with Crippen LogP contribution in [0.4, 0.5) is 11.4 Å². The minimum absolute atomic E-state index is 0.0302. The highest BCUT2D eigenvalue weighted by molar-refractivity contribution is 5.99. The SMILES string of the molecule is CC(=O)c1cccc(NC(=O)[C@H](C)OC(=O)c2cccc([N+](=O)[O-])c2)c1. The van der Waals surface area contributed by atoms with Gasteiger partial charge >= 0.3 is 5.97 Å². The molecule has 2 aromatic rings. The lowest BCUT2D eigenvalue weighted by molar-refractivity contribution is -0.384. The van der Waals surface area contributed by atoms with Crippen molar-refractivity contribution in [3.05, 3.63) is 69.8 Å². The van der Waals surface area contributed by atoms with Gasteiger partial charge in [-0.2, -0.15) is 0 Å². The van der Waals surface area contributed by atoms with Gasteiger partial charge in [-0.3, -0.25) is 19.7 Å². The molecule has 0 aromatic heterocycles. The fraction of sp³-hybridized carbons (Fsp3) is 0.167. The first-order chi connectivity index (χ1) is 12.3. The Bertz CT molecular complexity index is 877. The highest BCUT2D eigenvalue weighted by atomic mass is 16.6. The van der Waals surface area contributed by atoms with E-state index in [0.717, 1.165) is 6.07 Å². The summed E-state index contributed by atoms with van der Waals surface area (Å²) in [6.45, 7) is 2.78. The highest BCUT2D eigenvalue weighted by Crippen LogP contribution is 2.15. The van der Waals surface area contributed by atoms with Crippen LogP contribution in [0.2, 0.25) is 0 Å². The smallest absolute Gasteiger partial charge is 0.339 e. The predicted octanol–water partition coefficient (Wildman–Crippen LogP) is 2.98. The molecule has 0 spiro atoms. The molecule has 134 valence electrons. The average Bonchev–Trinajstić information content (AvgIpc) is 2.61. The van der Waals surface area contributed by atoms with E-state index in [-0.39, 0.29) is 17.0 Å². The summed E-state index contributed by atoms with van der Waals surface area (Å²) in [4.78, 5) is 45.7. The van der Waals surface area contributed by atoms with Crippen LogP contribution in [0, 0.1) is 10.1 Å². The average molecular weight is 356 g/mol. The number of non-ortho nitro benzene ring substituents is 1. The second kappa shape index (κ2) is 8.02. The Morgan fingerprint density at radius 1 is 1.08 bits per heavy atom. The number of carbonyl (C=O) groups is 3. The van der Waals surface area contributed by atoms with E-state index in [9.17, 15) is 24.5 Å². The monoisotopic (exact) mass is 356 g/mol. The lowest BCUT2D eigenvalue weighted by atomic mass is 10.1. The first-order valence-corrected chi connectivity index (χ1v) is 7.65. The molecule has 1 N–H and O–H groups in total. The van der Waals surface area contributed by atoms with E-state index in [1.807, 2.05) is 0 Å². The molecule has 8 heteroatoms. The molecular formula is C18H16N2O6. The van der Waals surface area contributed by atoms with Crippen molar-refractivity contribution in [2.24, 2.45) is 0 Å². The van der Waals surface area contributed by atoms with Gasteiger partial charge in [-0.05, 0) is 32.0 Å². The molecule has 0 bridgehead atoms. The van der Waals surface area contributed by atoms with Crippen molar-refractivity contribution >= 4 is 29.0 Å². The van der Waals surface area contributed by atoms with E-state index in [1.165, 1.54) is 38.1 Å². The molecule has 2 rings (SSSR count). The number of amides is 1. The Labute approximate surface area is 148 Å².